The fourth-order valence-corrected chi connectivity index (χ4v) is 1.98. The highest BCUT2D eigenvalue weighted by Gasteiger charge is 2.23. The normalized spacial score (nSPS) is 11.6. The number of rotatable bonds is 7. The Morgan fingerprint density at radius 3 is 2.58 bits per heavy atom. The zero-order valence-corrected chi connectivity index (χ0v) is 12.1. The van der Waals surface area contributed by atoms with Gasteiger partial charge in [-0.2, -0.15) is 0 Å². The third-order valence-electron chi connectivity index (χ3n) is 3.51. The van der Waals surface area contributed by atoms with Crippen molar-refractivity contribution in [3.63, 3.8) is 0 Å². The number of anilines is 1. The number of aromatic nitrogens is 1. The Kier molecular flexibility index (Phi) is 5.42. The van der Waals surface area contributed by atoms with Crippen molar-refractivity contribution in [3.8, 4) is 0 Å². The number of carbonyl (C=O) groups is 1. The molecule has 1 amide bonds. The average molecular weight is 267 g/mol. The molecule has 0 bridgehead atoms. The lowest BCUT2D eigenvalue weighted by Crippen LogP contribution is -2.42. The molecule has 0 saturated heterocycles. The lowest BCUT2D eigenvalue weighted by Gasteiger charge is -2.25. The summed E-state index contributed by atoms with van der Waals surface area (Å²) in [5, 5.41) is 12.9. The predicted molar refractivity (Wildman–Crippen MR) is 77.0 cm³/mol. The van der Waals surface area contributed by atoms with Crippen molar-refractivity contribution in [1.29, 1.82) is 0 Å². The molecule has 4 N–H and O–H groups in total. The van der Waals surface area contributed by atoms with Gasteiger partial charge in [0, 0.05) is 19.3 Å². The molecule has 1 aromatic heterocycles. The van der Waals surface area contributed by atoms with Crippen molar-refractivity contribution in [1.82, 2.24) is 9.88 Å². The van der Waals surface area contributed by atoms with Crippen LogP contribution in [0.5, 0.6) is 0 Å². The van der Waals surface area contributed by atoms with Crippen molar-refractivity contribution in [2.75, 3.05) is 12.3 Å². The summed E-state index contributed by atoms with van der Waals surface area (Å²) >= 11 is 0. The van der Waals surface area contributed by atoms with Gasteiger partial charge >= 0.3 is 0 Å². The molecule has 0 aromatic carbocycles. The number of aliphatic hydroxyl groups is 1. The van der Waals surface area contributed by atoms with Crippen LogP contribution in [0, 0.1) is 0 Å². The van der Waals surface area contributed by atoms with E-state index in [9.17, 15) is 9.90 Å². The first kappa shape index (κ1) is 15.6. The van der Waals surface area contributed by atoms with E-state index >= 15 is 0 Å². The van der Waals surface area contributed by atoms with E-state index in [1.165, 1.54) is 0 Å². The molecule has 0 unspecified atom stereocenters. The second-order valence-corrected chi connectivity index (χ2v) is 4.97. The Bertz CT molecular complexity index is 422. The number of nitrogens with zero attached hydrogens (tertiary/aromatic N) is 1. The molecule has 0 spiro atoms. The highest BCUT2D eigenvalue weighted by Crippen LogP contribution is 2.15. The van der Waals surface area contributed by atoms with Crippen LogP contribution in [0.25, 0.3) is 0 Å². The van der Waals surface area contributed by atoms with Crippen molar-refractivity contribution in [3.05, 3.63) is 18.0 Å². The predicted octanol–water partition coefficient (Wildman–Crippen LogP) is 1.76. The smallest absolute Gasteiger partial charge is 0.268 e. The third kappa shape index (κ3) is 3.99. The fourth-order valence-electron chi connectivity index (χ4n) is 1.98. The van der Waals surface area contributed by atoms with E-state index in [0.717, 1.165) is 13.0 Å². The number of aryl methyl sites for hydroxylation is 1. The van der Waals surface area contributed by atoms with Gasteiger partial charge < -0.3 is 20.7 Å². The van der Waals surface area contributed by atoms with Crippen molar-refractivity contribution in [2.45, 2.75) is 52.2 Å². The van der Waals surface area contributed by atoms with E-state index < -0.39 is 5.60 Å². The van der Waals surface area contributed by atoms with Crippen molar-refractivity contribution < 1.29 is 9.90 Å². The molecule has 0 aliphatic carbocycles. The summed E-state index contributed by atoms with van der Waals surface area (Å²) in [4.78, 5) is 12.1. The van der Waals surface area contributed by atoms with Crippen LogP contribution >= 0.6 is 0 Å². The number of nitrogens with two attached hydrogens (primary N) is 1. The molecule has 0 aliphatic rings. The second-order valence-electron chi connectivity index (χ2n) is 4.97. The highest BCUT2D eigenvalue weighted by molar-refractivity contribution is 5.93. The third-order valence-corrected chi connectivity index (χ3v) is 3.51. The molecule has 1 rings (SSSR count). The largest absolute Gasteiger partial charge is 0.397 e. The monoisotopic (exact) mass is 267 g/mol. The molecule has 5 nitrogen and oxygen atoms in total. The van der Waals surface area contributed by atoms with Gasteiger partial charge in [0.05, 0.1) is 11.3 Å². The van der Waals surface area contributed by atoms with E-state index in [1.54, 1.807) is 12.3 Å². The minimum Gasteiger partial charge on any atom is -0.397 e. The summed E-state index contributed by atoms with van der Waals surface area (Å²) in [5.74, 6) is -0.189. The first-order chi connectivity index (χ1) is 8.95. The van der Waals surface area contributed by atoms with Gasteiger partial charge in [-0.15, -0.1) is 0 Å². The Labute approximate surface area is 114 Å². The number of nitrogen functional groups attached to an aromatic ring is 1. The van der Waals surface area contributed by atoms with Crippen LogP contribution in [0.3, 0.4) is 0 Å². The molecule has 0 fully saturated rings. The van der Waals surface area contributed by atoms with Gasteiger partial charge in [0.2, 0.25) is 0 Å². The Hall–Kier alpha value is -1.49. The lowest BCUT2D eigenvalue weighted by molar-refractivity contribution is 0.0312. The van der Waals surface area contributed by atoms with Crippen LogP contribution in [0.4, 0.5) is 5.69 Å². The van der Waals surface area contributed by atoms with Crippen LogP contribution in [0.1, 0.15) is 50.5 Å². The highest BCUT2D eigenvalue weighted by atomic mass is 16.3. The summed E-state index contributed by atoms with van der Waals surface area (Å²) in [7, 11) is 0. The van der Waals surface area contributed by atoms with Gasteiger partial charge in [0.15, 0.2) is 0 Å². The summed E-state index contributed by atoms with van der Waals surface area (Å²) in [6.45, 7) is 6.88. The minimum absolute atomic E-state index is 0.189. The number of hydrogen-bond donors (Lipinski definition) is 3. The van der Waals surface area contributed by atoms with E-state index in [2.05, 4.69) is 5.32 Å². The minimum atomic E-state index is -0.830. The topological polar surface area (TPSA) is 80.3 Å². The standard InChI is InChI=1S/C14H25N3O2/c1-4-7-17-9-11(15)8-12(17)13(18)16-10-14(19,5-2)6-3/h8-9,19H,4-7,10,15H2,1-3H3,(H,16,18). The molecule has 0 aliphatic heterocycles. The van der Waals surface area contributed by atoms with Crippen LogP contribution in [0.15, 0.2) is 12.3 Å². The molecule has 1 aromatic rings. The Morgan fingerprint density at radius 2 is 2.05 bits per heavy atom. The maximum Gasteiger partial charge on any atom is 0.268 e. The first-order valence-corrected chi connectivity index (χ1v) is 6.92. The molecule has 0 saturated carbocycles. The molecule has 19 heavy (non-hydrogen) atoms. The number of nitrogens with one attached hydrogen (secondary N) is 1. The van der Waals surface area contributed by atoms with Gasteiger partial charge in [-0.3, -0.25) is 4.79 Å². The molecule has 0 radical (unpaired) electrons. The Balaban J connectivity index is 2.73. The first-order valence-electron chi connectivity index (χ1n) is 6.92. The van der Waals surface area contributed by atoms with Gasteiger partial charge in [-0.05, 0) is 25.3 Å². The van der Waals surface area contributed by atoms with Crippen molar-refractivity contribution in [2.24, 2.45) is 0 Å². The average Bonchev–Trinajstić information content (AvgIpc) is 2.77. The van der Waals surface area contributed by atoms with Gasteiger partial charge in [0.25, 0.3) is 5.91 Å². The quantitative estimate of drug-likeness (QED) is 0.704. The summed E-state index contributed by atoms with van der Waals surface area (Å²) in [5.41, 5.74) is 6.03. The van der Waals surface area contributed by atoms with Crippen LogP contribution in [-0.2, 0) is 6.54 Å². The van der Waals surface area contributed by atoms with E-state index in [1.807, 2.05) is 25.3 Å². The zero-order chi connectivity index (χ0) is 14.5. The Morgan fingerprint density at radius 1 is 1.42 bits per heavy atom. The van der Waals surface area contributed by atoms with Crippen LogP contribution in [-0.4, -0.2) is 27.7 Å². The number of hydrogen-bond acceptors (Lipinski definition) is 3. The zero-order valence-electron chi connectivity index (χ0n) is 12.1. The number of amides is 1. The fraction of sp³-hybridized carbons (Fsp3) is 0.643. The van der Waals surface area contributed by atoms with E-state index in [-0.39, 0.29) is 12.5 Å². The summed E-state index contributed by atoms with van der Waals surface area (Å²) < 4.78 is 1.85. The molecular weight excluding hydrogens is 242 g/mol. The van der Waals surface area contributed by atoms with E-state index in [0.29, 0.717) is 24.2 Å². The lowest BCUT2D eigenvalue weighted by atomic mass is 9.97. The van der Waals surface area contributed by atoms with Gasteiger partial charge in [-0.1, -0.05) is 20.8 Å². The van der Waals surface area contributed by atoms with Crippen LogP contribution < -0.4 is 11.1 Å². The number of carbonyl (C=O) groups excluding carboxylic acids is 1. The molecule has 5 heteroatoms. The molecule has 1 heterocycles. The van der Waals surface area contributed by atoms with Crippen molar-refractivity contribution >= 4 is 11.6 Å². The maximum absolute atomic E-state index is 12.1. The van der Waals surface area contributed by atoms with Gasteiger partial charge in [0.1, 0.15) is 5.69 Å². The summed E-state index contributed by atoms with van der Waals surface area (Å²) in [6.07, 6.45) is 3.93. The maximum atomic E-state index is 12.1. The SMILES string of the molecule is CCCn1cc(N)cc1C(=O)NCC(O)(CC)CC. The van der Waals surface area contributed by atoms with E-state index in [4.69, 9.17) is 5.73 Å². The molecular formula is C14H25N3O2. The van der Waals surface area contributed by atoms with Gasteiger partial charge in [-0.25, -0.2) is 0 Å². The summed E-state index contributed by atoms with van der Waals surface area (Å²) in [6, 6.07) is 1.67. The van der Waals surface area contributed by atoms with Crippen LogP contribution in [0.2, 0.25) is 0 Å². The molecule has 0 atom stereocenters. The molecule has 108 valence electrons. The second kappa shape index (κ2) is 6.61.